The van der Waals surface area contributed by atoms with Gasteiger partial charge in [0.25, 0.3) is 0 Å². The Bertz CT molecular complexity index is 1870. The van der Waals surface area contributed by atoms with Gasteiger partial charge < -0.3 is 33.7 Å². The number of alkyl halides is 1. The number of carbonyl (C=O) groups is 3. The second-order valence-corrected chi connectivity index (χ2v) is 12.8. The summed E-state index contributed by atoms with van der Waals surface area (Å²) in [6, 6.07) is 9.69. The maximum atomic E-state index is 14.6. The molecular weight excluding hydrogens is 691 g/mol. The number of ketones is 1. The van der Waals surface area contributed by atoms with Gasteiger partial charge in [0.1, 0.15) is 47.5 Å². The molecule has 7 rings (SSSR count). The minimum absolute atomic E-state index is 0.121. The SMILES string of the molecule is COC1CO[C@H]2[C@@H]1OC[C@H]2Oc1ncc(-c2ccc3c(c2)c(C(C)=O)cn3CC(=O)N2C[C@H](F)C[C@H]2C(=O)Nc2cccc(Br)n2)cn1. The molecule has 250 valence electrons. The minimum atomic E-state index is -1.35. The van der Waals surface area contributed by atoms with Crippen LogP contribution in [0.1, 0.15) is 23.7 Å². The number of rotatable bonds is 9. The number of nitrogens with zero attached hydrogens (tertiary/aromatic N) is 5. The number of hydrogen-bond donors (Lipinski definition) is 1. The predicted octanol–water partition coefficient (Wildman–Crippen LogP) is 3.60. The first-order chi connectivity index (χ1) is 23.2. The average Bonchev–Trinajstić information content (AvgIpc) is 3.85. The van der Waals surface area contributed by atoms with Gasteiger partial charge in [0, 0.05) is 54.2 Å². The fourth-order valence-corrected chi connectivity index (χ4v) is 6.86. The quantitative estimate of drug-likeness (QED) is 0.201. The summed E-state index contributed by atoms with van der Waals surface area (Å²) in [6.07, 6.45) is 2.46. The predicted molar refractivity (Wildman–Crippen MR) is 173 cm³/mol. The summed E-state index contributed by atoms with van der Waals surface area (Å²) < 4.78 is 39.8. The van der Waals surface area contributed by atoms with Crippen LogP contribution in [0.5, 0.6) is 6.01 Å². The number of likely N-dealkylation sites (tertiary alicyclic amines) is 1. The third-order valence-corrected chi connectivity index (χ3v) is 9.33. The highest BCUT2D eigenvalue weighted by Gasteiger charge is 2.49. The van der Waals surface area contributed by atoms with E-state index in [0.717, 1.165) is 5.56 Å². The van der Waals surface area contributed by atoms with Gasteiger partial charge in [-0.15, -0.1) is 0 Å². The topological polar surface area (TPSA) is 147 Å². The van der Waals surface area contributed by atoms with Crippen LogP contribution in [-0.2, 0) is 30.3 Å². The number of anilines is 1. The second-order valence-electron chi connectivity index (χ2n) is 12.0. The third kappa shape index (κ3) is 6.30. The van der Waals surface area contributed by atoms with E-state index in [-0.39, 0.29) is 61.5 Å². The van der Waals surface area contributed by atoms with Crippen LogP contribution in [0.4, 0.5) is 10.2 Å². The van der Waals surface area contributed by atoms with Gasteiger partial charge in [-0.25, -0.2) is 19.3 Å². The molecule has 13 nitrogen and oxygen atoms in total. The van der Waals surface area contributed by atoms with Gasteiger partial charge in [-0.2, -0.15) is 0 Å². The van der Waals surface area contributed by atoms with E-state index in [0.29, 0.717) is 39.8 Å². The average molecular weight is 724 g/mol. The largest absolute Gasteiger partial charge is 0.455 e. The molecule has 3 aliphatic heterocycles. The monoisotopic (exact) mass is 722 g/mol. The molecule has 0 aliphatic carbocycles. The summed E-state index contributed by atoms with van der Waals surface area (Å²) in [5.74, 6) is -0.867. The molecule has 15 heteroatoms. The first kappa shape index (κ1) is 32.2. The van der Waals surface area contributed by atoms with Crippen molar-refractivity contribution in [2.75, 3.05) is 32.2 Å². The summed E-state index contributed by atoms with van der Waals surface area (Å²) in [5.41, 5.74) is 2.50. The summed E-state index contributed by atoms with van der Waals surface area (Å²) in [7, 11) is 1.62. The van der Waals surface area contributed by atoms with Crippen LogP contribution >= 0.6 is 15.9 Å². The summed E-state index contributed by atoms with van der Waals surface area (Å²) in [4.78, 5) is 53.5. The van der Waals surface area contributed by atoms with Gasteiger partial charge in [0.2, 0.25) is 11.8 Å². The zero-order valence-electron chi connectivity index (χ0n) is 26.0. The molecule has 2 amide bonds. The highest BCUT2D eigenvalue weighted by molar-refractivity contribution is 9.10. The summed E-state index contributed by atoms with van der Waals surface area (Å²) >= 11 is 3.26. The fraction of sp³-hybridized carbons (Fsp3) is 0.394. The molecule has 1 unspecified atom stereocenters. The standard InChI is InChI=1S/C33H32BrFN6O7/c1-17(42)22-13-40(14-29(43)41-12-20(35)9-24(41)32(44)39-28-5-3-4-27(34)38-28)23-7-6-18(8-21(22)23)19-10-36-33(37-11-19)48-26-16-47-30-25(45-2)15-46-31(26)30/h3-8,10-11,13,20,24-26,30-31H,9,12,14-16H2,1-2H3,(H,38,39,44)/t20-,24+,25?,26-,30-,31-/m1/s1. The molecule has 6 heterocycles. The van der Waals surface area contributed by atoms with Gasteiger partial charge in [0.15, 0.2) is 11.9 Å². The number of halogens is 2. The normalized spacial score (nSPS) is 25.0. The van der Waals surface area contributed by atoms with Crippen molar-refractivity contribution in [3.8, 4) is 17.1 Å². The Morgan fingerprint density at radius 2 is 1.81 bits per heavy atom. The lowest BCUT2D eigenvalue weighted by Crippen LogP contribution is -2.44. The highest BCUT2D eigenvalue weighted by Crippen LogP contribution is 2.32. The van der Waals surface area contributed by atoms with Crippen LogP contribution in [0.15, 0.2) is 59.6 Å². The first-order valence-electron chi connectivity index (χ1n) is 15.4. The van der Waals surface area contributed by atoms with E-state index in [1.165, 1.54) is 11.8 Å². The summed E-state index contributed by atoms with van der Waals surface area (Å²) in [5, 5.41) is 3.30. The number of pyridine rings is 1. The lowest BCUT2D eigenvalue weighted by molar-refractivity contribution is -0.137. The zero-order valence-corrected chi connectivity index (χ0v) is 27.6. The van der Waals surface area contributed by atoms with Crippen LogP contribution < -0.4 is 10.1 Å². The zero-order chi connectivity index (χ0) is 33.5. The van der Waals surface area contributed by atoms with Crippen molar-refractivity contribution in [2.45, 2.75) is 56.5 Å². The number of methoxy groups -OCH3 is 1. The van der Waals surface area contributed by atoms with Crippen molar-refractivity contribution in [3.05, 3.63) is 65.2 Å². The van der Waals surface area contributed by atoms with Gasteiger partial charge in [-0.3, -0.25) is 14.4 Å². The van der Waals surface area contributed by atoms with Crippen LogP contribution in [0.3, 0.4) is 0 Å². The number of amides is 2. The van der Waals surface area contributed by atoms with Gasteiger partial charge in [-0.1, -0.05) is 12.1 Å². The Morgan fingerprint density at radius 1 is 1.06 bits per heavy atom. The maximum Gasteiger partial charge on any atom is 0.316 e. The van der Waals surface area contributed by atoms with Crippen molar-refractivity contribution in [1.82, 2.24) is 24.4 Å². The Balaban J connectivity index is 1.07. The molecule has 3 saturated heterocycles. The van der Waals surface area contributed by atoms with E-state index < -0.39 is 24.0 Å². The Kier molecular flexibility index (Phi) is 8.94. The van der Waals surface area contributed by atoms with Gasteiger partial charge >= 0.3 is 6.01 Å². The number of Topliss-reactive ketones (excluding diaryl/α,β-unsaturated/α-hetero) is 1. The molecule has 3 fully saturated rings. The molecule has 1 aromatic carbocycles. The van der Waals surface area contributed by atoms with Crippen LogP contribution in [0.25, 0.3) is 22.0 Å². The van der Waals surface area contributed by atoms with Gasteiger partial charge in [0.05, 0.1) is 19.8 Å². The number of nitrogens with one attached hydrogen (secondary N) is 1. The number of fused-ring (bicyclic) bond motifs is 2. The number of benzene rings is 1. The third-order valence-electron chi connectivity index (χ3n) is 8.89. The van der Waals surface area contributed by atoms with Crippen LogP contribution in [0, 0.1) is 0 Å². The molecule has 6 atom stereocenters. The molecule has 0 bridgehead atoms. The molecule has 1 N–H and O–H groups in total. The molecular formula is C33H32BrFN6O7. The molecule has 0 saturated carbocycles. The Morgan fingerprint density at radius 3 is 2.54 bits per heavy atom. The molecule has 0 radical (unpaired) electrons. The summed E-state index contributed by atoms with van der Waals surface area (Å²) in [6.45, 7) is 1.83. The van der Waals surface area contributed by atoms with E-state index in [1.54, 1.807) is 54.5 Å². The van der Waals surface area contributed by atoms with Crippen molar-refractivity contribution in [2.24, 2.45) is 0 Å². The van der Waals surface area contributed by atoms with E-state index in [9.17, 15) is 18.8 Å². The maximum absolute atomic E-state index is 14.6. The molecule has 4 aromatic rings. The molecule has 48 heavy (non-hydrogen) atoms. The van der Waals surface area contributed by atoms with Gasteiger partial charge in [-0.05, 0) is 52.7 Å². The Hall–Kier alpha value is -4.31. The smallest absolute Gasteiger partial charge is 0.316 e. The number of carbonyl (C=O) groups excluding carboxylic acids is 3. The van der Waals surface area contributed by atoms with Crippen LogP contribution in [-0.4, -0.2) is 106 Å². The van der Waals surface area contributed by atoms with E-state index in [4.69, 9.17) is 18.9 Å². The van der Waals surface area contributed by atoms with E-state index in [2.05, 4.69) is 36.2 Å². The van der Waals surface area contributed by atoms with E-state index >= 15 is 0 Å². The fourth-order valence-electron chi connectivity index (χ4n) is 6.51. The number of ether oxygens (including phenoxy) is 4. The van der Waals surface area contributed by atoms with Crippen molar-refractivity contribution >= 4 is 50.2 Å². The Labute approximate surface area is 282 Å². The van der Waals surface area contributed by atoms with Crippen molar-refractivity contribution in [3.63, 3.8) is 0 Å². The first-order valence-corrected chi connectivity index (χ1v) is 16.2. The lowest BCUT2D eigenvalue weighted by Gasteiger charge is -2.24. The van der Waals surface area contributed by atoms with E-state index in [1.807, 2.05) is 12.1 Å². The lowest BCUT2D eigenvalue weighted by atomic mass is 10.0. The van der Waals surface area contributed by atoms with Crippen LogP contribution in [0.2, 0.25) is 0 Å². The number of hydrogen-bond acceptors (Lipinski definition) is 10. The van der Waals surface area contributed by atoms with Crippen molar-refractivity contribution in [1.29, 1.82) is 0 Å². The molecule has 3 aromatic heterocycles. The molecule has 0 spiro atoms. The minimum Gasteiger partial charge on any atom is -0.455 e. The highest BCUT2D eigenvalue weighted by atomic mass is 79.9. The second kappa shape index (κ2) is 13.3. The van der Waals surface area contributed by atoms with Crippen molar-refractivity contribution < 1.29 is 37.7 Å². The molecule has 3 aliphatic rings. The number of aromatic nitrogens is 4.